The van der Waals surface area contributed by atoms with E-state index >= 15 is 0 Å². The van der Waals surface area contributed by atoms with Gasteiger partial charge in [-0.05, 0) is 67.0 Å². The summed E-state index contributed by atoms with van der Waals surface area (Å²) >= 11 is 0. The minimum Gasteiger partial charge on any atom is -0.450 e. The second-order valence-corrected chi connectivity index (χ2v) is 9.13. The van der Waals surface area contributed by atoms with Crippen molar-refractivity contribution < 1.29 is 20.2 Å². The van der Waals surface area contributed by atoms with Crippen LogP contribution in [0.4, 0.5) is 4.79 Å². The number of pyridine rings is 1. The predicted octanol–water partition coefficient (Wildman–Crippen LogP) is 7.37. The highest BCUT2D eigenvalue weighted by Crippen LogP contribution is 2.36. The summed E-state index contributed by atoms with van der Waals surface area (Å²) in [6, 6.07) is 21.6. The van der Waals surface area contributed by atoms with Crippen molar-refractivity contribution in [2.45, 2.75) is 64.2 Å². The van der Waals surface area contributed by atoms with Gasteiger partial charge < -0.3 is 15.4 Å². The van der Waals surface area contributed by atoms with E-state index in [4.69, 9.17) is 15.0 Å². The van der Waals surface area contributed by atoms with Gasteiger partial charge in [-0.25, -0.2) is 4.79 Å². The monoisotopic (exact) mass is 474 g/mol. The molecule has 0 unspecified atom stereocenters. The summed E-state index contributed by atoms with van der Waals surface area (Å²) in [6.45, 7) is 4.12. The van der Waals surface area contributed by atoms with Gasteiger partial charge >= 0.3 is 6.16 Å². The molecule has 4 rings (SSSR count). The third-order valence-electron chi connectivity index (χ3n) is 6.73. The lowest BCUT2D eigenvalue weighted by molar-refractivity contribution is 0.137. The molecule has 0 spiro atoms. The maximum Gasteiger partial charge on any atom is 0.503 e. The van der Waals surface area contributed by atoms with Gasteiger partial charge in [0.1, 0.15) is 0 Å². The Labute approximate surface area is 207 Å². The Balaban J connectivity index is 0.000000795. The fraction of sp³-hybridized carbons (Fsp3) is 0.345. The highest BCUT2D eigenvalue weighted by molar-refractivity contribution is 6.01. The maximum absolute atomic E-state index is 9.86. The van der Waals surface area contributed by atoms with Crippen LogP contribution in [-0.4, -0.2) is 32.3 Å². The SMILES string of the molecule is Cc1cc(/C(C[C@H](c2ccc(C3CCCCC3)cc2)c2ccccc2C)=N/O)ccn1.O=C(O)O. The summed E-state index contributed by atoms with van der Waals surface area (Å²) in [4.78, 5) is 12.8. The molecule has 0 saturated heterocycles. The molecule has 3 N–H and O–H groups in total. The Morgan fingerprint density at radius 2 is 1.66 bits per heavy atom. The van der Waals surface area contributed by atoms with E-state index in [0.29, 0.717) is 18.1 Å². The standard InChI is InChI=1S/C28H32N2O.CH2O3/c1-20-8-6-7-11-26(20)27(19-28(30-31)25-16-17-29-21(2)18-25)24-14-12-23(13-15-24)22-9-4-3-5-10-22;2-1(3)4/h6-8,11-18,22,27,31H,3-5,9-10,19H2,1-2H3;(H2,2,3,4)/b30-28+;/t27-;/m1./s1. The minimum absolute atomic E-state index is 0.126. The third kappa shape index (κ3) is 7.41. The van der Waals surface area contributed by atoms with Crippen LogP contribution < -0.4 is 0 Å². The summed E-state index contributed by atoms with van der Waals surface area (Å²) in [5.41, 5.74) is 7.80. The summed E-state index contributed by atoms with van der Waals surface area (Å²) in [6.07, 6.45) is 7.26. The largest absolute Gasteiger partial charge is 0.503 e. The van der Waals surface area contributed by atoms with E-state index in [1.165, 1.54) is 54.4 Å². The average Bonchev–Trinajstić information content (AvgIpc) is 2.86. The van der Waals surface area contributed by atoms with Gasteiger partial charge in [0.25, 0.3) is 0 Å². The second kappa shape index (κ2) is 12.7. The number of hydrogen-bond acceptors (Lipinski definition) is 4. The molecule has 0 bridgehead atoms. The zero-order valence-corrected chi connectivity index (χ0v) is 20.4. The summed E-state index contributed by atoms with van der Waals surface area (Å²) in [7, 11) is 0. The fourth-order valence-corrected chi connectivity index (χ4v) is 4.96. The van der Waals surface area contributed by atoms with Crippen LogP contribution in [-0.2, 0) is 0 Å². The first kappa shape index (κ1) is 25.9. The molecule has 1 heterocycles. The van der Waals surface area contributed by atoms with Crippen LogP contribution in [0.25, 0.3) is 0 Å². The van der Waals surface area contributed by atoms with Crippen molar-refractivity contribution in [1.29, 1.82) is 0 Å². The molecular weight excluding hydrogens is 440 g/mol. The number of aromatic nitrogens is 1. The molecule has 1 fully saturated rings. The Morgan fingerprint density at radius 1 is 1.00 bits per heavy atom. The number of carboxylic acid groups (broad SMARTS) is 2. The van der Waals surface area contributed by atoms with Crippen LogP contribution in [0.3, 0.4) is 0 Å². The number of oxime groups is 1. The molecule has 184 valence electrons. The van der Waals surface area contributed by atoms with Crippen molar-refractivity contribution in [2.75, 3.05) is 0 Å². The van der Waals surface area contributed by atoms with Crippen molar-refractivity contribution in [3.63, 3.8) is 0 Å². The minimum atomic E-state index is -1.83. The molecule has 1 aromatic heterocycles. The average molecular weight is 475 g/mol. The highest BCUT2D eigenvalue weighted by Gasteiger charge is 2.21. The van der Waals surface area contributed by atoms with E-state index in [0.717, 1.165) is 11.3 Å². The molecule has 0 aliphatic heterocycles. The number of benzene rings is 2. The van der Waals surface area contributed by atoms with E-state index in [9.17, 15) is 5.21 Å². The molecule has 6 heteroatoms. The maximum atomic E-state index is 9.86. The Hall–Kier alpha value is -3.67. The highest BCUT2D eigenvalue weighted by atomic mass is 16.6. The second-order valence-electron chi connectivity index (χ2n) is 9.13. The molecule has 0 radical (unpaired) electrons. The lowest BCUT2D eigenvalue weighted by atomic mass is 9.81. The van der Waals surface area contributed by atoms with Crippen LogP contribution in [0.2, 0.25) is 0 Å². The van der Waals surface area contributed by atoms with Gasteiger partial charge in [0.05, 0.1) is 5.71 Å². The quantitative estimate of drug-likeness (QED) is 0.197. The van der Waals surface area contributed by atoms with Gasteiger partial charge in [0.2, 0.25) is 0 Å². The Kier molecular flexibility index (Phi) is 9.41. The van der Waals surface area contributed by atoms with Crippen molar-refractivity contribution >= 4 is 11.9 Å². The van der Waals surface area contributed by atoms with Gasteiger partial charge in [-0.15, -0.1) is 0 Å². The molecule has 35 heavy (non-hydrogen) atoms. The predicted molar refractivity (Wildman–Crippen MR) is 138 cm³/mol. The topological polar surface area (TPSA) is 103 Å². The number of aryl methyl sites for hydroxylation is 2. The zero-order valence-electron chi connectivity index (χ0n) is 20.4. The molecule has 1 saturated carbocycles. The van der Waals surface area contributed by atoms with Crippen molar-refractivity contribution in [1.82, 2.24) is 4.98 Å². The zero-order chi connectivity index (χ0) is 25.2. The molecule has 6 nitrogen and oxygen atoms in total. The van der Waals surface area contributed by atoms with E-state index in [2.05, 4.69) is 65.6 Å². The smallest absolute Gasteiger partial charge is 0.450 e. The summed E-state index contributed by atoms with van der Waals surface area (Å²) in [5.74, 6) is 0.829. The van der Waals surface area contributed by atoms with Crippen molar-refractivity contribution in [3.8, 4) is 0 Å². The van der Waals surface area contributed by atoms with Gasteiger partial charge in [-0.3, -0.25) is 4.98 Å². The molecule has 1 atom stereocenters. The molecule has 1 aliphatic rings. The molecule has 1 aliphatic carbocycles. The Bertz CT molecular complexity index is 1130. The van der Waals surface area contributed by atoms with E-state index in [1.807, 2.05) is 19.1 Å². The number of rotatable bonds is 6. The lowest BCUT2D eigenvalue weighted by Gasteiger charge is -2.24. The molecule has 2 aromatic carbocycles. The van der Waals surface area contributed by atoms with Crippen LogP contribution >= 0.6 is 0 Å². The number of hydrogen-bond donors (Lipinski definition) is 3. The summed E-state index contributed by atoms with van der Waals surface area (Å²) in [5, 5.41) is 27.5. The van der Waals surface area contributed by atoms with Crippen LogP contribution in [0.1, 0.15) is 83.9 Å². The molecule has 3 aromatic rings. The lowest BCUT2D eigenvalue weighted by Crippen LogP contribution is -2.12. The fourth-order valence-electron chi connectivity index (χ4n) is 4.96. The van der Waals surface area contributed by atoms with Gasteiger partial charge in [-0.2, -0.15) is 0 Å². The molecule has 0 amide bonds. The van der Waals surface area contributed by atoms with Crippen LogP contribution in [0.5, 0.6) is 0 Å². The van der Waals surface area contributed by atoms with E-state index < -0.39 is 6.16 Å². The Morgan fingerprint density at radius 3 is 2.26 bits per heavy atom. The van der Waals surface area contributed by atoms with E-state index in [1.54, 1.807) is 6.20 Å². The van der Waals surface area contributed by atoms with Gasteiger partial charge in [-0.1, -0.05) is 72.9 Å². The number of carbonyl (C=O) groups is 1. The first-order valence-corrected chi connectivity index (χ1v) is 12.1. The first-order chi connectivity index (χ1) is 16.9. The first-order valence-electron chi connectivity index (χ1n) is 12.1. The normalized spacial score (nSPS) is 15.1. The van der Waals surface area contributed by atoms with Gasteiger partial charge in [0, 0.05) is 29.8 Å². The summed E-state index contributed by atoms with van der Waals surface area (Å²) < 4.78 is 0. The van der Waals surface area contributed by atoms with E-state index in [-0.39, 0.29) is 5.92 Å². The van der Waals surface area contributed by atoms with Gasteiger partial charge in [0.15, 0.2) is 0 Å². The van der Waals surface area contributed by atoms with Crippen molar-refractivity contribution in [2.24, 2.45) is 5.16 Å². The van der Waals surface area contributed by atoms with Crippen LogP contribution in [0, 0.1) is 13.8 Å². The molecular formula is C29H34N2O4. The van der Waals surface area contributed by atoms with Crippen molar-refractivity contribution in [3.05, 3.63) is 100 Å². The number of nitrogens with zero attached hydrogens (tertiary/aromatic N) is 2. The third-order valence-corrected chi connectivity index (χ3v) is 6.73. The van der Waals surface area contributed by atoms with Crippen LogP contribution in [0.15, 0.2) is 72.0 Å².